The molecule has 10 aromatic rings. The van der Waals surface area contributed by atoms with Gasteiger partial charge in [0, 0.05) is 53.1 Å². The molecule has 10 rings (SSSR count). The molecule has 4 heteroatoms. The maximum absolute atomic E-state index is 5.28. The second-order valence-electron chi connectivity index (χ2n) is 12.2. The Morgan fingerprint density at radius 2 is 1.06 bits per heavy atom. The summed E-state index contributed by atoms with van der Waals surface area (Å²) < 4.78 is 4.99. The fourth-order valence-corrected chi connectivity index (χ4v) is 8.31. The van der Waals surface area contributed by atoms with Crippen molar-refractivity contribution in [3.05, 3.63) is 164 Å². The second-order valence-corrected chi connectivity index (χ2v) is 13.3. The average Bonchev–Trinajstić information content (AvgIpc) is 3.70. The molecule has 3 aromatic heterocycles. The van der Waals surface area contributed by atoms with E-state index in [4.69, 9.17) is 9.97 Å². The summed E-state index contributed by atoms with van der Waals surface area (Å²) in [6.45, 7) is 0. The molecule has 0 unspecified atom stereocenters. The second kappa shape index (κ2) is 10.7. The molecular formula is C44H27N3S. The third kappa shape index (κ3) is 4.20. The van der Waals surface area contributed by atoms with Crippen LogP contribution in [0, 0.1) is 0 Å². The highest BCUT2D eigenvalue weighted by Crippen LogP contribution is 2.44. The molecule has 0 bridgehead atoms. The monoisotopic (exact) mass is 629 g/mol. The Morgan fingerprint density at radius 3 is 1.90 bits per heavy atom. The van der Waals surface area contributed by atoms with Gasteiger partial charge >= 0.3 is 0 Å². The van der Waals surface area contributed by atoms with E-state index >= 15 is 0 Å². The van der Waals surface area contributed by atoms with Crippen molar-refractivity contribution >= 4 is 64.2 Å². The van der Waals surface area contributed by atoms with Crippen LogP contribution in [-0.2, 0) is 0 Å². The molecule has 0 amide bonds. The van der Waals surface area contributed by atoms with Gasteiger partial charge in [-0.25, -0.2) is 9.97 Å². The molecule has 48 heavy (non-hydrogen) atoms. The molecule has 0 N–H and O–H groups in total. The molecule has 3 nitrogen and oxygen atoms in total. The zero-order valence-electron chi connectivity index (χ0n) is 25.8. The summed E-state index contributed by atoms with van der Waals surface area (Å²) in [7, 11) is 0. The summed E-state index contributed by atoms with van der Waals surface area (Å²) in [5.74, 6) is 0.723. The third-order valence-electron chi connectivity index (χ3n) is 9.41. The lowest BCUT2D eigenvalue weighted by Gasteiger charge is -2.11. The van der Waals surface area contributed by atoms with Gasteiger partial charge in [0.05, 0.1) is 22.2 Å². The Kier molecular flexibility index (Phi) is 6.05. The molecule has 0 saturated heterocycles. The van der Waals surface area contributed by atoms with E-state index < -0.39 is 0 Å². The molecule has 0 aliphatic heterocycles. The van der Waals surface area contributed by atoms with Gasteiger partial charge in [-0.2, -0.15) is 0 Å². The molecule has 0 aliphatic carbocycles. The van der Waals surface area contributed by atoms with Gasteiger partial charge in [0.25, 0.3) is 0 Å². The van der Waals surface area contributed by atoms with Crippen LogP contribution in [0.3, 0.4) is 0 Å². The van der Waals surface area contributed by atoms with Crippen LogP contribution < -0.4 is 0 Å². The smallest absolute Gasteiger partial charge is 0.160 e. The van der Waals surface area contributed by atoms with Crippen molar-refractivity contribution in [1.29, 1.82) is 0 Å². The Labute approximate surface area is 281 Å². The Hall–Kier alpha value is -6.10. The fourth-order valence-electron chi connectivity index (χ4n) is 7.20. The lowest BCUT2D eigenvalue weighted by atomic mass is 10.0. The van der Waals surface area contributed by atoms with Crippen LogP contribution in [-0.4, -0.2) is 14.5 Å². The summed E-state index contributed by atoms with van der Waals surface area (Å²) in [5.41, 5.74) is 9.84. The zero-order chi connectivity index (χ0) is 31.6. The van der Waals surface area contributed by atoms with Crippen LogP contribution in [0.25, 0.3) is 92.3 Å². The normalized spacial score (nSPS) is 11.8. The quantitative estimate of drug-likeness (QED) is 0.194. The highest BCUT2D eigenvalue weighted by molar-refractivity contribution is 7.26. The van der Waals surface area contributed by atoms with Crippen LogP contribution in [0.2, 0.25) is 0 Å². The van der Waals surface area contributed by atoms with Crippen molar-refractivity contribution in [3.63, 3.8) is 0 Å². The van der Waals surface area contributed by atoms with Crippen LogP contribution in [0.15, 0.2) is 164 Å². The standard InChI is InChI=1S/C44H27N3S/c1-3-11-28(12-4-1)29-19-21-30(22-20-29)43-33-15-7-9-17-36(33)45-44(46-43)31-23-24-37-35(27-31)41-38(47(37)32-13-5-2-6-14-32)25-26-40-42(41)34-16-8-10-18-39(34)48-40/h1-27H. The third-order valence-corrected chi connectivity index (χ3v) is 10.5. The SMILES string of the molecule is c1ccc(-c2ccc(-c3nc(-c4ccc5c(c4)c4c6c(ccc4n5-c4ccccc4)sc4ccccc46)nc4ccccc34)cc2)cc1. The van der Waals surface area contributed by atoms with Crippen LogP contribution in [0.5, 0.6) is 0 Å². The van der Waals surface area contributed by atoms with E-state index in [9.17, 15) is 0 Å². The van der Waals surface area contributed by atoms with E-state index in [1.807, 2.05) is 17.4 Å². The van der Waals surface area contributed by atoms with Gasteiger partial charge in [0.15, 0.2) is 5.82 Å². The van der Waals surface area contributed by atoms with E-state index in [1.165, 1.54) is 53.1 Å². The molecule has 7 aromatic carbocycles. The van der Waals surface area contributed by atoms with E-state index in [-0.39, 0.29) is 0 Å². The van der Waals surface area contributed by atoms with Crippen molar-refractivity contribution in [2.24, 2.45) is 0 Å². The van der Waals surface area contributed by atoms with Gasteiger partial charge in [0.2, 0.25) is 0 Å². The van der Waals surface area contributed by atoms with Gasteiger partial charge in [-0.3, -0.25) is 0 Å². The van der Waals surface area contributed by atoms with Crippen molar-refractivity contribution in [1.82, 2.24) is 14.5 Å². The molecule has 3 heterocycles. The first-order chi connectivity index (χ1) is 23.8. The summed E-state index contributed by atoms with van der Waals surface area (Å²) in [6.07, 6.45) is 0. The van der Waals surface area contributed by atoms with Crippen LogP contribution in [0.1, 0.15) is 0 Å². The van der Waals surface area contributed by atoms with Crippen molar-refractivity contribution in [3.8, 4) is 39.5 Å². The topological polar surface area (TPSA) is 30.7 Å². The number of nitrogens with zero attached hydrogens (tertiary/aromatic N) is 3. The number of fused-ring (bicyclic) bond motifs is 8. The number of hydrogen-bond acceptors (Lipinski definition) is 3. The minimum Gasteiger partial charge on any atom is -0.309 e. The highest BCUT2D eigenvalue weighted by atomic mass is 32.1. The zero-order valence-corrected chi connectivity index (χ0v) is 26.7. The lowest BCUT2D eigenvalue weighted by molar-refractivity contribution is 1.18. The average molecular weight is 630 g/mol. The number of para-hydroxylation sites is 2. The van der Waals surface area contributed by atoms with Crippen LogP contribution in [0.4, 0.5) is 0 Å². The summed E-state index contributed by atoms with van der Waals surface area (Å²) in [5, 5.41) is 6.11. The summed E-state index contributed by atoms with van der Waals surface area (Å²) in [6, 6.07) is 58.2. The molecule has 0 aliphatic rings. The molecule has 0 fully saturated rings. The molecular weight excluding hydrogens is 603 g/mol. The Balaban J connectivity index is 1.22. The number of aromatic nitrogens is 3. The Bertz CT molecular complexity index is 2810. The largest absolute Gasteiger partial charge is 0.309 e. The van der Waals surface area contributed by atoms with Gasteiger partial charge in [-0.15, -0.1) is 11.3 Å². The summed E-state index contributed by atoms with van der Waals surface area (Å²) in [4.78, 5) is 10.4. The highest BCUT2D eigenvalue weighted by Gasteiger charge is 2.19. The maximum atomic E-state index is 5.28. The Morgan fingerprint density at radius 1 is 0.417 bits per heavy atom. The number of benzene rings is 7. The van der Waals surface area contributed by atoms with E-state index in [2.05, 4.69) is 162 Å². The van der Waals surface area contributed by atoms with Crippen molar-refractivity contribution in [2.75, 3.05) is 0 Å². The first-order valence-corrected chi connectivity index (χ1v) is 17.0. The maximum Gasteiger partial charge on any atom is 0.160 e. The first-order valence-electron chi connectivity index (χ1n) is 16.2. The molecule has 0 spiro atoms. The predicted molar refractivity (Wildman–Crippen MR) is 203 cm³/mol. The van der Waals surface area contributed by atoms with E-state index in [1.54, 1.807) is 0 Å². The van der Waals surface area contributed by atoms with Gasteiger partial charge in [-0.05, 0) is 65.7 Å². The fraction of sp³-hybridized carbons (Fsp3) is 0. The first kappa shape index (κ1) is 27.1. The summed E-state index contributed by atoms with van der Waals surface area (Å²) >= 11 is 1.86. The number of hydrogen-bond donors (Lipinski definition) is 0. The van der Waals surface area contributed by atoms with Gasteiger partial charge in [0.1, 0.15) is 0 Å². The molecule has 0 saturated carbocycles. The number of thiophene rings is 1. The minimum absolute atomic E-state index is 0.723. The minimum atomic E-state index is 0.723. The van der Waals surface area contributed by atoms with Gasteiger partial charge < -0.3 is 4.57 Å². The van der Waals surface area contributed by atoms with Crippen molar-refractivity contribution in [2.45, 2.75) is 0 Å². The molecule has 0 radical (unpaired) electrons. The van der Waals surface area contributed by atoms with Crippen molar-refractivity contribution < 1.29 is 0 Å². The molecule has 0 atom stereocenters. The van der Waals surface area contributed by atoms with Crippen LogP contribution >= 0.6 is 11.3 Å². The number of rotatable bonds is 4. The van der Waals surface area contributed by atoms with E-state index in [0.717, 1.165) is 39.2 Å². The predicted octanol–water partition coefficient (Wildman–Crippen LogP) is 12.1. The molecule has 224 valence electrons. The van der Waals surface area contributed by atoms with Gasteiger partial charge in [-0.1, -0.05) is 109 Å². The van der Waals surface area contributed by atoms with E-state index in [0.29, 0.717) is 0 Å². The lowest BCUT2D eigenvalue weighted by Crippen LogP contribution is -1.96.